The lowest BCUT2D eigenvalue weighted by molar-refractivity contribution is -0.123. The van der Waals surface area contributed by atoms with Crippen molar-refractivity contribution in [3.8, 4) is 11.6 Å². The molecule has 1 aliphatic heterocycles. The third kappa shape index (κ3) is 5.13. The van der Waals surface area contributed by atoms with E-state index in [1.54, 1.807) is 24.4 Å². The first-order valence-electron chi connectivity index (χ1n) is 9.01. The Hall–Kier alpha value is -1.89. The Morgan fingerprint density at radius 1 is 1.18 bits per heavy atom. The van der Waals surface area contributed by atoms with Gasteiger partial charge >= 0.3 is 0 Å². The van der Waals surface area contributed by atoms with Crippen molar-refractivity contribution >= 4 is 30.7 Å². The Kier molecular flexibility index (Phi) is 7.63. The summed E-state index contributed by atoms with van der Waals surface area (Å²) >= 11 is 0. The molecule has 1 saturated heterocycles. The minimum absolute atomic E-state index is 0. The molecule has 28 heavy (non-hydrogen) atoms. The summed E-state index contributed by atoms with van der Waals surface area (Å²) in [5, 5.41) is 6.38. The number of pyridine rings is 1. The van der Waals surface area contributed by atoms with Gasteiger partial charge in [-0.1, -0.05) is 6.07 Å². The molecule has 1 unspecified atom stereocenters. The fourth-order valence-corrected chi connectivity index (χ4v) is 3.71. The average Bonchev–Trinajstić information content (AvgIpc) is 3.36. The molecular weight excluding hydrogens is 404 g/mol. The van der Waals surface area contributed by atoms with Gasteiger partial charge in [0, 0.05) is 24.7 Å². The SMILES string of the molecule is Cl.Cl.O=C(NCc1ccc(Oc2ccc(F)cc2)nc1)C1CC12CCNCC2. The van der Waals surface area contributed by atoms with Gasteiger partial charge in [0.1, 0.15) is 11.6 Å². The number of nitrogens with one attached hydrogen (secondary N) is 2. The van der Waals surface area contributed by atoms with Gasteiger partial charge in [0.05, 0.1) is 0 Å². The van der Waals surface area contributed by atoms with Gasteiger partial charge in [-0.15, -0.1) is 24.8 Å². The third-order valence-corrected chi connectivity index (χ3v) is 5.41. The molecule has 2 N–H and O–H groups in total. The van der Waals surface area contributed by atoms with Crippen LogP contribution in [0.3, 0.4) is 0 Å². The summed E-state index contributed by atoms with van der Waals surface area (Å²) in [5.74, 6) is 0.971. The van der Waals surface area contributed by atoms with Crippen molar-refractivity contribution in [2.24, 2.45) is 11.3 Å². The van der Waals surface area contributed by atoms with Crippen molar-refractivity contribution in [3.05, 3.63) is 54.0 Å². The first-order chi connectivity index (χ1) is 12.6. The number of nitrogens with zero attached hydrogens (tertiary/aromatic N) is 1. The molecule has 0 bridgehead atoms. The first kappa shape index (κ1) is 22.4. The molecule has 1 aromatic carbocycles. The van der Waals surface area contributed by atoms with Crippen LogP contribution in [0.4, 0.5) is 4.39 Å². The lowest BCUT2D eigenvalue weighted by Gasteiger charge is -2.23. The highest BCUT2D eigenvalue weighted by atomic mass is 35.5. The number of ether oxygens (including phenoxy) is 1. The molecule has 152 valence electrons. The maximum Gasteiger partial charge on any atom is 0.223 e. The van der Waals surface area contributed by atoms with E-state index in [1.165, 1.54) is 12.1 Å². The average molecular weight is 428 g/mol. The smallest absolute Gasteiger partial charge is 0.223 e. The highest BCUT2D eigenvalue weighted by Gasteiger charge is 2.57. The molecule has 4 rings (SSSR count). The molecule has 1 aliphatic carbocycles. The third-order valence-electron chi connectivity index (χ3n) is 5.41. The standard InChI is InChI=1S/C20H22FN3O2.2ClH/c21-15-2-4-16(5-3-15)26-18-6-1-14(12-23-18)13-24-19(25)17-11-20(17)7-9-22-10-8-20;;/h1-6,12,17,22H,7-11,13H2,(H,24,25);2*1H. The van der Waals surface area contributed by atoms with Crippen LogP contribution >= 0.6 is 24.8 Å². The van der Waals surface area contributed by atoms with Crippen LogP contribution in [0.1, 0.15) is 24.8 Å². The summed E-state index contributed by atoms with van der Waals surface area (Å²) in [6.45, 7) is 2.50. The van der Waals surface area contributed by atoms with E-state index in [9.17, 15) is 9.18 Å². The fraction of sp³-hybridized carbons (Fsp3) is 0.400. The van der Waals surface area contributed by atoms with Crippen LogP contribution in [0.25, 0.3) is 0 Å². The number of aromatic nitrogens is 1. The molecule has 1 atom stereocenters. The highest BCUT2D eigenvalue weighted by molar-refractivity contribution is 5.85. The second-order valence-corrected chi connectivity index (χ2v) is 7.15. The van der Waals surface area contributed by atoms with Gasteiger partial charge in [0.15, 0.2) is 0 Å². The zero-order chi connectivity index (χ0) is 18.0. The predicted molar refractivity (Wildman–Crippen MR) is 110 cm³/mol. The van der Waals surface area contributed by atoms with E-state index in [4.69, 9.17) is 4.74 Å². The number of benzene rings is 1. The first-order valence-corrected chi connectivity index (χ1v) is 9.01. The van der Waals surface area contributed by atoms with Crippen molar-refractivity contribution in [3.63, 3.8) is 0 Å². The largest absolute Gasteiger partial charge is 0.439 e. The summed E-state index contributed by atoms with van der Waals surface area (Å²) in [6, 6.07) is 9.41. The number of hydrogen-bond donors (Lipinski definition) is 2. The summed E-state index contributed by atoms with van der Waals surface area (Å²) in [7, 11) is 0. The topological polar surface area (TPSA) is 63.2 Å². The van der Waals surface area contributed by atoms with Crippen molar-refractivity contribution < 1.29 is 13.9 Å². The van der Waals surface area contributed by atoms with Crippen molar-refractivity contribution in [1.82, 2.24) is 15.6 Å². The molecule has 0 radical (unpaired) electrons. The van der Waals surface area contributed by atoms with Gasteiger partial charge in [-0.25, -0.2) is 9.37 Å². The molecule has 2 aliphatic rings. The molecule has 2 heterocycles. The molecule has 1 aromatic heterocycles. The lowest BCUT2D eigenvalue weighted by Crippen LogP contribution is -2.33. The molecule has 5 nitrogen and oxygen atoms in total. The Balaban J connectivity index is 0.00000140. The monoisotopic (exact) mass is 427 g/mol. The summed E-state index contributed by atoms with van der Waals surface area (Å²) in [6.07, 6.45) is 4.90. The number of halogens is 3. The van der Waals surface area contributed by atoms with Crippen molar-refractivity contribution in [2.75, 3.05) is 13.1 Å². The van der Waals surface area contributed by atoms with Gasteiger partial charge in [-0.3, -0.25) is 4.79 Å². The van der Waals surface area contributed by atoms with Crippen LogP contribution in [-0.2, 0) is 11.3 Å². The molecular formula is C20H24Cl2FN3O2. The molecule has 1 spiro atoms. The summed E-state index contributed by atoms with van der Waals surface area (Å²) < 4.78 is 18.5. The Morgan fingerprint density at radius 3 is 2.54 bits per heavy atom. The van der Waals surface area contributed by atoms with Gasteiger partial charge in [0.25, 0.3) is 0 Å². The van der Waals surface area contributed by atoms with Gasteiger partial charge in [0.2, 0.25) is 11.8 Å². The van der Waals surface area contributed by atoms with E-state index in [2.05, 4.69) is 15.6 Å². The quantitative estimate of drug-likeness (QED) is 0.759. The second kappa shape index (κ2) is 9.54. The number of hydrogen-bond acceptors (Lipinski definition) is 4. The highest BCUT2D eigenvalue weighted by Crippen LogP contribution is 2.58. The van der Waals surface area contributed by atoms with E-state index in [1.807, 2.05) is 6.07 Å². The second-order valence-electron chi connectivity index (χ2n) is 7.15. The Morgan fingerprint density at radius 2 is 1.89 bits per heavy atom. The minimum atomic E-state index is -0.307. The number of rotatable bonds is 5. The van der Waals surface area contributed by atoms with Crippen LogP contribution in [-0.4, -0.2) is 24.0 Å². The molecule has 1 saturated carbocycles. The molecule has 2 aromatic rings. The van der Waals surface area contributed by atoms with Crippen molar-refractivity contribution in [1.29, 1.82) is 0 Å². The van der Waals surface area contributed by atoms with E-state index in [-0.39, 0.29) is 47.9 Å². The fourth-order valence-electron chi connectivity index (χ4n) is 3.71. The molecule has 1 amide bonds. The Bertz CT molecular complexity index is 781. The zero-order valence-electron chi connectivity index (χ0n) is 15.3. The van der Waals surface area contributed by atoms with Crippen LogP contribution < -0.4 is 15.4 Å². The lowest BCUT2D eigenvalue weighted by atomic mass is 9.92. The van der Waals surface area contributed by atoms with Crippen LogP contribution in [0.5, 0.6) is 11.6 Å². The number of piperidine rings is 1. The van der Waals surface area contributed by atoms with Crippen LogP contribution in [0, 0.1) is 17.2 Å². The predicted octanol–water partition coefficient (Wildman–Crippen LogP) is 3.86. The van der Waals surface area contributed by atoms with Gasteiger partial charge < -0.3 is 15.4 Å². The Labute approximate surface area is 176 Å². The number of carbonyl (C=O) groups is 1. The minimum Gasteiger partial charge on any atom is -0.439 e. The molecule has 8 heteroatoms. The summed E-state index contributed by atoms with van der Waals surface area (Å²) in [5.41, 5.74) is 1.17. The van der Waals surface area contributed by atoms with Crippen molar-refractivity contribution in [2.45, 2.75) is 25.8 Å². The summed E-state index contributed by atoms with van der Waals surface area (Å²) in [4.78, 5) is 16.6. The van der Waals surface area contributed by atoms with E-state index < -0.39 is 0 Å². The van der Waals surface area contributed by atoms with Gasteiger partial charge in [-0.05, 0) is 67.6 Å². The van der Waals surface area contributed by atoms with E-state index in [0.29, 0.717) is 18.2 Å². The normalized spacial score (nSPS) is 19.1. The number of carbonyl (C=O) groups excluding carboxylic acids is 1. The number of amides is 1. The van der Waals surface area contributed by atoms with E-state index >= 15 is 0 Å². The maximum atomic E-state index is 12.9. The zero-order valence-corrected chi connectivity index (χ0v) is 17.0. The van der Waals surface area contributed by atoms with Gasteiger partial charge in [-0.2, -0.15) is 0 Å². The molecule has 2 fully saturated rings. The maximum absolute atomic E-state index is 12.9. The van der Waals surface area contributed by atoms with Crippen LogP contribution in [0.2, 0.25) is 0 Å². The van der Waals surface area contributed by atoms with E-state index in [0.717, 1.165) is 37.9 Å². The van der Waals surface area contributed by atoms with Crippen LogP contribution in [0.15, 0.2) is 42.6 Å².